The number of hydrogen-bond acceptors (Lipinski definition) is 6. The largest absolute Gasteiger partial charge is 0.454 e. The zero-order valence-electron chi connectivity index (χ0n) is 21.9. The highest BCUT2D eigenvalue weighted by Gasteiger charge is 2.30. The second-order valence-electron chi connectivity index (χ2n) is 9.29. The molecular formula is C26H33Cl2N3O6S. The van der Waals surface area contributed by atoms with Gasteiger partial charge in [-0.3, -0.25) is 13.9 Å². The maximum absolute atomic E-state index is 13.5. The van der Waals surface area contributed by atoms with Crippen LogP contribution in [-0.2, 0) is 26.2 Å². The van der Waals surface area contributed by atoms with E-state index in [2.05, 4.69) is 5.32 Å². The SMILES string of the molecule is CC[C@@H](C(=O)NC(C)C)N(Cc1c(Cl)cccc1Cl)C(=O)CCCN(c1ccc2c(c1)OCO2)S(C)(=O)=O. The van der Waals surface area contributed by atoms with Crippen LogP contribution in [0.4, 0.5) is 5.69 Å². The van der Waals surface area contributed by atoms with Crippen LogP contribution in [0.5, 0.6) is 11.5 Å². The van der Waals surface area contributed by atoms with Crippen LogP contribution in [0, 0.1) is 0 Å². The molecule has 0 saturated carbocycles. The van der Waals surface area contributed by atoms with E-state index >= 15 is 0 Å². The number of carbonyl (C=O) groups is 2. The van der Waals surface area contributed by atoms with Gasteiger partial charge < -0.3 is 19.7 Å². The van der Waals surface area contributed by atoms with Crippen molar-refractivity contribution < 1.29 is 27.5 Å². The predicted molar refractivity (Wildman–Crippen MR) is 148 cm³/mol. The van der Waals surface area contributed by atoms with Crippen molar-refractivity contribution in [3.63, 3.8) is 0 Å². The summed E-state index contributed by atoms with van der Waals surface area (Å²) in [4.78, 5) is 28.0. The maximum atomic E-state index is 13.5. The van der Waals surface area contributed by atoms with Crippen LogP contribution in [0.25, 0.3) is 0 Å². The van der Waals surface area contributed by atoms with E-state index in [1.54, 1.807) is 36.4 Å². The quantitative estimate of drug-likeness (QED) is 0.390. The molecule has 0 aliphatic carbocycles. The summed E-state index contributed by atoms with van der Waals surface area (Å²) >= 11 is 12.8. The first-order valence-corrected chi connectivity index (χ1v) is 14.9. The lowest BCUT2D eigenvalue weighted by Crippen LogP contribution is -2.50. The smallest absolute Gasteiger partial charge is 0.243 e. The molecule has 1 heterocycles. The van der Waals surface area contributed by atoms with Crippen molar-refractivity contribution in [3.05, 3.63) is 52.0 Å². The third-order valence-corrected chi connectivity index (χ3v) is 7.91. The molecule has 1 atom stereocenters. The molecule has 208 valence electrons. The highest BCUT2D eigenvalue weighted by molar-refractivity contribution is 7.92. The highest BCUT2D eigenvalue weighted by Crippen LogP contribution is 2.36. The first kappa shape index (κ1) is 29.9. The van der Waals surface area contributed by atoms with E-state index in [1.807, 2.05) is 20.8 Å². The number of fused-ring (bicyclic) bond motifs is 1. The minimum atomic E-state index is -3.65. The molecule has 9 nitrogen and oxygen atoms in total. The predicted octanol–water partition coefficient (Wildman–Crippen LogP) is 4.60. The summed E-state index contributed by atoms with van der Waals surface area (Å²) in [5.74, 6) is 0.400. The molecule has 0 bridgehead atoms. The average molecular weight is 587 g/mol. The Morgan fingerprint density at radius 3 is 2.34 bits per heavy atom. The van der Waals surface area contributed by atoms with E-state index in [0.29, 0.717) is 39.2 Å². The van der Waals surface area contributed by atoms with Gasteiger partial charge in [-0.15, -0.1) is 0 Å². The van der Waals surface area contributed by atoms with Gasteiger partial charge in [0.05, 0.1) is 11.9 Å². The van der Waals surface area contributed by atoms with Gasteiger partial charge in [0.1, 0.15) is 6.04 Å². The average Bonchev–Trinajstić information content (AvgIpc) is 3.30. The van der Waals surface area contributed by atoms with Crippen molar-refractivity contribution in [2.45, 2.75) is 58.7 Å². The van der Waals surface area contributed by atoms with Crippen molar-refractivity contribution >= 4 is 50.7 Å². The van der Waals surface area contributed by atoms with E-state index < -0.39 is 16.1 Å². The molecule has 0 saturated heterocycles. The van der Waals surface area contributed by atoms with Gasteiger partial charge in [-0.25, -0.2) is 8.42 Å². The molecule has 1 aliphatic rings. The summed E-state index contributed by atoms with van der Waals surface area (Å²) < 4.78 is 37.1. The number of sulfonamides is 1. The van der Waals surface area contributed by atoms with Crippen LogP contribution >= 0.6 is 23.2 Å². The van der Waals surface area contributed by atoms with Gasteiger partial charge in [-0.2, -0.15) is 0 Å². The fourth-order valence-electron chi connectivity index (χ4n) is 4.20. The number of ether oxygens (including phenoxy) is 2. The molecule has 38 heavy (non-hydrogen) atoms. The minimum Gasteiger partial charge on any atom is -0.454 e. The Labute approximate surface area is 234 Å². The Balaban J connectivity index is 1.80. The van der Waals surface area contributed by atoms with Crippen LogP contribution in [0.15, 0.2) is 36.4 Å². The molecule has 0 fully saturated rings. The second-order valence-corrected chi connectivity index (χ2v) is 12.0. The number of halogens is 2. The Morgan fingerprint density at radius 1 is 1.08 bits per heavy atom. The molecule has 2 amide bonds. The summed E-state index contributed by atoms with van der Waals surface area (Å²) in [6.07, 6.45) is 1.70. The monoisotopic (exact) mass is 585 g/mol. The number of amides is 2. The third kappa shape index (κ3) is 7.45. The topological polar surface area (TPSA) is 105 Å². The third-order valence-electron chi connectivity index (χ3n) is 6.00. The van der Waals surface area contributed by atoms with E-state index in [1.165, 1.54) is 9.21 Å². The van der Waals surface area contributed by atoms with E-state index in [0.717, 1.165) is 6.26 Å². The number of carbonyl (C=O) groups excluding carboxylic acids is 2. The van der Waals surface area contributed by atoms with Gasteiger partial charge in [0.2, 0.25) is 28.6 Å². The number of nitrogens with one attached hydrogen (secondary N) is 1. The fraction of sp³-hybridized carbons (Fsp3) is 0.462. The van der Waals surface area contributed by atoms with Crippen LogP contribution in [-0.4, -0.2) is 56.8 Å². The van der Waals surface area contributed by atoms with Gasteiger partial charge in [0.25, 0.3) is 0 Å². The summed E-state index contributed by atoms with van der Waals surface area (Å²) in [5.41, 5.74) is 0.949. The standard InChI is InChI=1S/C26H33Cl2N3O6S/c1-5-22(26(33)29-17(2)3)30(15-19-20(27)8-6-9-21(19)28)25(32)10-7-13-31(38(4,34)35)18-11-12-23-24(14-18)37-16-36-23/h6,8-9,11-12,14,17,22H,5,7,10,13,15-16H2,1-4H3,(H,29,33)/t22-/m0/s1. The molecular weight excluding hydrogens is 553 g/mol. The van der Waals surface area contributed by atoms with Crippen molar-refractivity contribution in [3.8, 4) is 11.5 Å². The number of anilines is 1. The van der Waals surface area contributed by atoms with Crippen LogP contribution in [0.1, 0.15) is 45.6 Å². The van der Waals surface area contributed by atoms with Crippen molar-refractivity contribution in [1.82, 2.24) is 10.2 Å². The molecule has 0 unspecified atom stereocenters. The second kappa shape index (κ2) is 12.9. The Bertz CT molecular complexity index is 1250. The lowest BCUT2D eigenvalue weighted by Gasteiger charge is -2.32. The molecule has 1 aliphatic heterocycles. The molecule has 0 aromatic heterocycles. The van der Waals surface area contributed by atoms with Crippen molar-refractivity contribution in [2.75, 3.05) is 23.9 Å². The summed E-state index contributed by atoms with van der Waals surface area (Å²) in [7, 11) is -3.65. The Morgan fingerprint density at radius 2 is 1.74 bits per heavy atom. The number of nitrogens with zero attached hydrogens (tertiary/aromatic N) is 2. The number of benzene rings is 2. The van der Waals surface area contributed by atoms with E-state index in [-0.39, 0.29) is 50.6 Å². The molecule has 1 N–H and O–H groups in total. The van der Waals surface area contributed by atoms with Crippen molar-refractivity contribution in [1.29, 1.82) is 0 Å². The summed E-state index contributed by atoms with van der Waals surface area (Å²) in [6, 6.07) is 9.07. The normalized spacial score (nSPS) is 13.3. The zero-order valence-corrected chi connectivity index (χ0v) is 24.2. The molecule has 0 radical (unpaired) electrons. The maximum Gasteiger partial charge on any atom is 0.243 e. The van der Waals surface area contributed by atoms with Gasteiger partial charge in [0.15, 0.2) is 11.5 Å². The Hall–Kier alpha value is -2.69. The first-order valence-electron chi connectivity index (χ1n) is 12.3. The van der Waals surface area contributed by atoms with Crippen LogP contribution in [0.2, 0.25) is 10.0 Å². The van der Waals surface area contributed by atoms with Gasteiger partial charge >= 0.3 is 0 Å². The Kier molecular flexibility index (Phi) is 10.1. The number of hydrogen-bond donors (Lipinski definition) is 1. The lowest BCUT2D eigenvalue weighted by molar-refractivity contribution is -0.141. The van der Waals surface area contributed by atoms with Crippen LogP contribution in [0.3, 0.4) is 0 Å². The summed E-state index contributed by atoms with van der Waals surface area (Å²) in [6.45, 7) is 5.68. The highest BCUT2D eigenvalue weighted by atomic mass is 35.5. The molecule has 2 aromatic carbocycles. The van der Waals surface area contributed by atoms with Gasteiger partial charge in [-0.1, -0.05) is 36.2 Å². The number of rotatable bonds is 12. The van der Waals surface area contributed by atoms with E-state index in [9.17, 15) is 18.0 Å². The molecule has 2 aromatic rings. The van der Waals surface area contributed by atoms with Gasteiger partial charge in [-0.05, 0) is 51.0 Å². The minimum absolute atomic E-state index is 0.00407. The molecule has 3 rings (SSSR count). The van der Waals surface area contributed by atoms with Crippen LogP contribution < -0.4 is 19.1 Å². The molecule has 12 heteroatoms. The van der Waals surface area contributed by atoms with Crippen molar-refractivity contribution in [2.24, 2.45) is 0 Å². The van der Waals surface area contributed by atoms with E-state index in [4.69, 9.17) is 32.7 Å². The fourth-order valence-corrected chi connectivity index (χ4v) is 5.67. The zero-order chi connectivity index (χ0) is 28.0. The lowest BCUT2D eigenvalue weighted by atomic mass is 10.1. The van der Waals surface area contributed by atoms with Gasteiger partial charge in [0, 0.05) is 47.2 Å². The molecule has 0 spiro atoms. The first-order chi connectivity index (χ1) is 17.9. The summed E-state index contributed by atoms with van der Waals surface area (Å²) in [5, 5.41) is 3.65.